The Morgan fingerprint density at radius 1 is 0.565 bits per heavy atom. The molecule has 5 aromatic rings. The van der Waals surface area contributed by atoms with E-state index in [9.17, 15) is 8.42 Å². The lowest BCUT2D eigenvalue weighted by Gasteiger charge is -2.08. The highest BCUT2D eigenvalue weighted by molar-refractivity contribution is 7.91. The van der Waals surface area contributed by atoms with Crippen molar-refractivity contribution in [3.05, 3.63) is 143 Å². The second-order valence-corrected chi connectivity index (χ2v) is 12.2. The van der Waals surface area contributed by atoms with Gasteiger partial charge in [-0.15, -0.1) is 0 Å². The summed E-state index contributed by atoms with van der Waals surface area (Å²) in [5.74, 6) is 3.04. The molecular weight excluding hydrogens is 600 g/mol. The topological polar surface area (TPSA) is 109 Å². The van der Waals surface area contributed by atoms with Crippen molar-refractivity contribution in [1.82, 2.24) is 0 Å². The van der Waals surface area contributed by atoms with Gasteiger partial charge in [-0.1, -0.05) is 91.0 Å². The first-order chi connectivity index (χ1) is 22.4. The van der Waals surface area contributed by atoms with E-state index in [1.54, 1.807) is 24.3 Å². The molecule has 0 aliphatic carbocycles. The molecule has 7 rings (SSSR count). The fraction of sp³-hybridized carbons (Fsp3) is 0.0811. The van der Waals surface area contributed by atoms with Crippen molar-refractivity contribution >= 4 is 45.7 Å². The van der Waals surface area contributed by atoms with Crippen LogP contribution in [0.15, 0.2) is 115 Å². The average molecular weight is 633 g/mol. The first-order valence-corrected chi connectivity index (χ1v) is 16.2. The third kappa shape index (κ3) is 8.28. The van der Waals surface area contributed by atoms with Crippen molar-refractivity contribution in [1.29, 1.82) is 0 Å². The van der Waals surface area contributed by atoms with Gasteiger partial charge in [0.25, 0.3) is 0 Å². The smallest absolute Gasteiger partial charge is 0.236 e. The van der Waals surface area contributed by atoms with Crippen molar-refractivity contribution in [2.75, 3.05) is 24.0 Å². The fourth-order valence-corrected chi connectivity index (χ4v) is 5.90. The van der Waals surface area contributed by atoms with Crippen molar-refractivity contribution in [3.63, 3.8) is 0 Å². The minimum atomic E-state index is -3.46. The molecule has 0 atom stereocenters. The normalized spacial score (nSPS) is 13.0. The van der Waals surface area contributed by atoms with Crippen LogP contribution in [0, 0.1) is 0 Å². The quantitative estimate of drug-likeness (QED) is 0.133. The summed E-state index contributed by atoms with van der Waals surface area (Å²) in [5, 5.41) is 0. The van der Waals surface area contributed by atoms with Crippen molar-refractivity contribution < 1.29 is 27.4 Å². The van der Waals surface area contributed by atoms with E-state index >= 15 is 0 Å². The molecule has 5 aromatic carbocycles. The number of nitrogens with two attached hydrogens (primary N) is 1. The van der Waals surface area contributed by atoms with Crippen molar-refractivity contribution in [2.24, 2.45) is 0 Å². The Bertz CT molecular complexity index is 1960. The van der Waals surface area contributed by atoms with E-state index in [0.29, 0.717) is 12.5 Å². The first kappa shape index (κ1) is 30.4. The summed E-state index contributed by atoms with van der Waals surface area (Å²) < 4.78 is 48.5. The number of benzene rings is 5. The molecule has 0 amide bonds. The molecule has 8 nitrogen and oxygen atoms in total. The second kappa shape index (κ2) is 14.0. The summed E-state index contributed by atoms with van der Waals surface area (Å²) in [7, 11) is -3.46. The maximum absolute atomic E-state index is 12.3. The fourth-order valence-electron chi connectivity index (χ4n) is 4.70. The monoisotopic (exact) mass is 632 g/mol. The molecule has 0 saturated heterocycles. The Morgan fingerprint density at radius 2 is 1.02 bits per heavy atom. The van der Waals surface area contributed by atoms with E-state index in [-0.39, 0.29) is 12.5 Å². The third-order valence-corrected chi connectivity index (χ3v) is 8.31. The highest BCUT2D eigenvalue weighted by Gasteiger charge is 2.14. The van der Waals surface area contributed by atoms with Gasteiger partial charge in [0.15, 0.2) is 23.0 Å². The number of ether oxygens (including phenoxy) is 4. The van der Waals surface area contributed by atoms with E-state index in [1.807, 2.05) is 115 Å². The van der Waals surface area contributed by atoms with Gasteiger partial charge in [0, 0.05) is 11.4 Å². The van der Waals surface area contributed by atoms with Crippen LogP contribution in [0.25, 0.3) is 24.3 Å². The highest BCUT2D eigenvalue weighted by atomic mass is 32.2. The van der Waals surface area contributed by atoms with E-state index < -0.39 is 10.0 Å². The van der Waals surface area contributed by atoms with Gasteiger partial charge in [-0.2, -0.15) is 0 Å². The van der Waals surface area contributed by atoms with Crippen LogP contribution in [-0.4, -0.2) is 22.0 Å². The lowest BCUT2D eigenvalue weighted by Crippen LogP contribution is -2.14. The van der Waals surface area contributed by atoms with Gasteiger partial charge in [0.05, 0.1) is 5.75 Å². The van der Waals surface area contributed by atoms with Gasteiger partial charge >= 0.3 is 0 Å². The molecule has 2 heterocycles. The molecule has 0 radical (unpaired) electrons. The Kier molecular flexibility index (Phi) is 9.22. The van der Waals surface area contributed by atoms with Gasteiger partial charge in [0.1, 0.15) is 0 Å². The third-order valence-electron chi connectivity index (χ3n) is 7.05. The molecule has 232 valence electrons. The molecule has 0 unspecified atom stereocenters. The van der Waals surface area contributed by atoms with Crippen molar-refractivity contribution in [3.8, 4) is 23.0 Å². The number of hydrogen-bond donors (Lipinski definition) is 2. The minimum Gasteiger partial charge on any atom is -0.454 e. The van der Waals surface area contributed by atoms with Crippen LogP contribution in [0.5, 0.6) is 23.0 Å². The van der Waals surface area contributed by atoms with Gasteiger partial charge in [-0.05, 0) is 76.3 Å². The molecule has 46 heavy (non-hydrogen) atoms. The number of nitrogen functional groups attached to an aromatic ring is 1. The molecule has 0 spiro atoms. The Labute approximate surface area is 268 Å². The van der Waals surface area contributed by atoms with Crippen LogP contribution in [0.4, 0.5) is 11.4 Å². The maximum atomic E-state index is 12.3. The molecule has 0 bridgehead atoms. The SMILES string of the molecule is Nc1ccc(/C=C/c2ccc3c(c2)OCO3)cc1.O=S(=O)(Cc1ccccc1)Nc1ccc(/C=C/c2ccc3c(c2)OCO3)cc1. The highest BCUT2D eigenvalue weighted by Crippen LogP contribution is 2.34. The summed E-state index contributed by atoms with van der Waals surface area (Å²) in [6, 6.07) is 35.7. The molecule has 0 aromatic heterocycles. The van der Waals surface area contributed by atoms with Gasteiger partial charge in [-0.25, -0.2) is 8.42 Å². The van der Waals surface area contributed by atoms with Crippen LogP contribution in [0.3, 0.4) is 0 Å². The summed E-state index contributed by atoms with van der Waals surface area (Å²) in [6.45, 7) is 0.560. The Balaban J connectivity index is 0.000000178. The average Bonchev–Trinajstić information content (AvgIpc) is 3.74. The van der Waals surface area contributed by atoms with E-state index in [4.69, 9.17) is 24.7 Å². The molecule has 3 N–H and O–H groups in total. The van der Waals surface area contributed by atoms with Crippen LogP contribution in [0.2, 0.25) is 0 Å². The van der Waals surface area contributed by atoms with Crippen LogP contribution in [0.1, 0.15) is 27.8 Å². The zero-order valence-electron chi connectivity index (χ0n) is 24.8. The zero-order chi connectivity index (χ0) is 31.8. The van der Waals surface area contributed by atoms with Crippen LogP contribution in [-0.2, 0) is 15.8 Å². The number of rotatable bonds is 8. The molecule has 0 fully saturated rings. The molecule has 2 aliphatic heterocycles. The minimum absolute atomic E-state index is 0.0559. The first-order valence-electron chi connectivity index (χ1n) is 14.5. The lowest BCUT2D eigenvalue weighted by atomic mass is 10.1. The summed E-state index contributed by atoms with van der Waals surface area (Å²) >= 11 is 0. The predicted octanol–water partition coefficient (Wildman–Crippen LogP) is 7.70. The van der Waals surface area contributed by atoms with Gasteiger partial charge in [-0.3, -0.25) is 4.72 Å². The van der Waals surface area contributed by atoms with Gasteiger partial charge < -0.3 is 24.7 Å². The summed E-state index contributed by atoms with van der Waals surface area (Å²) in [6.07, 6.45) is 8.00. The number of hydrogen-bond acceptors (Lipinski definition) is 7. The van der Waals surface area contributed by atoms with Crippen LogP contribution < -0.4 is 29.4 Å². The molecule has 0 saturated carbocycles. The number of anilines is 2. The van der Waals surface area contributed by atoms with E-state index in [0.717, 1.165) is 56.5 Å². The Morgan fingerprint density at radius 3 is 1.57 bits per heavy atom. The van der Waals surface area contributed by atoms with Crippen LogP contribution >= 0.6 is 0 Å². The van der Waals surface area contributed by atoms with E-state index in [2.05, 4.69) is 4.72 Å². The largest absolute Gasteiger partial charge is 0.454 e. The predicted molar refractivity (Wildman–Crippen MR) is 183 cm³/mol. The zero-order valence-corrected chi connectivity index (χ0v) is 25.7. The molecule has 9 heteroatoms. The molecular formula is C37H32N2O6S. The standard InChI is InChI=1S/C22H19NO4S.C15H13NO2/c24-28(25,15-19-4-2-1-3-5-19)23-20-11-8-17(9-12-20)6-7-18-10-13-21-22(14-18)27-16-26-21;16-13-6-3-11(4-7-13)1-2-12-5-8-14-15(9-12)18-10-17-14/h1-14,23H,15-16H2;1-9H,10,16H2/b7-6+;2-1+. The second-order valence-electron chi connectivity index (χ2n) is 10.5. The Hall–Kier alpha value is -5.67. The number of nitrogens with one attached hydrogen (secondary N) is 1. The van der Waals surface area contributed by atoms with Crippen molar-refractivity contribution in [2.45, 2.75) is 5.75 Å². The number of fused-ring (bicyclic) bond motifs is 2. The molecule has 2 aliphatic rings. The van der Waals surface area contributed by atoms with E-state index in [1.165, 1.54) is 0 Å². The maximum Gasteiger partial charge on any atom is 0.236 e. The lowest BCUT2D eigenvalue weighted by molar-refractivity contribution is 0.173. The summed E-state index contributed by atoms with van der Waals surface area (Å²) in [5.41, 5.74) is 11.9. The van der Waals surface area contributed by atoms with Gasteiger partial charge in [0.2, 0.25) is 23.6 Å². The summed E-state index contributed by atoms with van der Waals surface area (Å²) in [4.78, 5) is 0. The number of sulfonamides is 1.